The predicted molar refractivity (Wildman–Crippen MR) is 122 cm³/mol. The van der Waals surface area contributed by atoms with Crippen LogP contribution in [-0.2, 0) is 33.4 Å². The molecular formula is C25H21FN2O3S. The Balaban J connectivity index is 1.49. The minimum absolute atomic E-state index is 0.0321. The van der Waals surface area contributed by atoms with Gasteiger partial charge in [0.25, 0.3) is 0 Å². The van der Waals surface area contributed by atoms with E-state index in [0.29, 0.717) is 23.0 Å². The maximum Gasteiger partial charge on any atom is 0.246 e. The van der Waals surface area contributed by atoms with Gasteiger partial charge in [0.1, 0.15) is 12.4 Å². The number of benzene rings is 3. The van der Waals surface area contributed by atoms with Crippen LogP contribution in [0.1, 0.15) is 11.1 Å². The maximum absolute atomic E-state index is 13.6. The summed E-state index contributed by atoms with van der Waals surface area (Å²) in [6.45, 7) is 0.645. The summed E-state index contributed by atoms with van der Waals surface area (Å²) >= 11 is 0. The molecule has 0 radical (unpaired) electrons. The molecule has 5 rings (SSSR count). The minimum atomic E-state index is -3.75. The van der Waals surface area contributed by atoms with Crippen LogP contribution in [0, 0.1) is 5.82 Å². The first-order chi connectivity index (χ1) is 15.4. The number of aromatic nitrogens is 1. The number of carbonyl (C=O) groups excluding carboxylic acids is 1. The summed E-state index contributed by atoms with van der Waals surface area (Å²) in [6.07, 6.45) is 2.33. The van der Waals surface area contributed by atoms with Crippen LogP contribution in [0.15, 0.2) is 83.9 Å². The number of sulfone groups is 1. The van der Waals surface area contributed by atoms with Crippen molar-refractivity contribution < 1.29 is 17.6 Å². The Morgan fingerprint density at radius 1 is 0.969 bits per heavy atom. The zero-order valence-corrected chi connectivity index (χ0v) is 18.1. The smallest absolute Gasteiger partial charge is 0.246 e. The van der Waals surface area contributed by atoms with Crippen LogP contribution in [0.4, 0.5) is 10.1 Å². The zero-order valence-electron chi connectivity index (χ0n) is 17.2. The molecule has 0 saturated heterocycles. The summed E-state index contributed by atoms with van der Waals surface area (Å²) in [6, 6.07) is 20.5. The molecule has 0 spiro atoms. The number of para-hydroxylation sites is 2. The molecule has 0 bridgehead atoms. The lowest BCUT2D eigenvalue weighted by Gasteiger charge is -2.18. The Labute approximate surface area is 185 Å². The van der Waals surface area contributed by atoms with E-state index in [9.17, 15) is 17.6 Å². The SMILES string of the molecule is O=C(Cn1cc(S(=O)(=O)Cc2cccc(F)c2)c2ccccc21)N1CCc2ccccc21. The number of carbonyl (C=O) groups is 1. The van der Waals surface area contributed by atoms with E-state index in [0.717, 1.165) is 17.7 Å². The zero-order chi connectivity index (χ0) is 22.3. The van der Waals surface area contributed by atoms with Gasteiger partial charge in [0.05, 0.1) is 10.6 Å². The normalized spacial score (nSPS) is 13.5. The molecule has 162 valence electrons. The third-order valence-electron chi connectivity index (χ3n) is 5.83. The molecule has 4 aromatic rings. The Morgan fingerprint density at radius 3 is 2.59 bits per heavy atom. The second kappa shape index (κ2) is 7.91. The Bertz CT molecular complexity index is 1440. The van der Waals surface area contributed by atoms with Crippen molar-refractivity contribution >= 4 is 32.3 Å². The number of halogens is 1. The van der Waals surface area contributed by atoms with E-state index in [1.54, 1.807) is 27.7 Å². The third kappa shape index (κ3) is 3.69. The fourth-order valence-electron chi connectivity index (χ4n) is 4.34. The van der Waals surface area contributed by atoms with E-state index in [1.165, 1.54) is 24.4 Å². The molecule has 0 N–H and O–H groups in total. The predicted octanol–water partition coefficient (Wildman–Crippen LogP) is 4.34. The van der Waals surface area contributed by atoms with E-state index in [4.69, 9.17) is 0 Å². The van der Waals surface area contributed by atoms with Gasteiger partial charge in [-0.05, 0) is 41.8 Å². The summed E-state index contributed by atoms with van der Waals surface area (Å²) in [5, 5.41) is 0.554. The summed E-state index contributed by atoms with van der Waals surface area (Å²) in [5.41, 5.74) is 3.10. The van der Waals surface area contributed by atoms with Crippen molar-refractivity contribution in [2.24, 2.45) is 0 Å². The molecule has 1 aliphatic heterocycles. The molecule has 0 unspecified atom stereocenters. The summed E-state index contributed by atoms with van der Waals surface area (Å²) < 4.78 is 41.7. The molecular weight excluding hydrogens is 427 g/mol. The molecule has 1 amide bonds. The lowest BCUT2D eigenvalue weighted by atomic mass is 10.2. The van der Waals surface area contributed by atoms with Crippen molar-refractivity contribution in [3.8, 4) is 0 Å². The van der Waals surface area contributed by atoms with E-state index in [2.05, 4.69) is 0 Å². The van der Waals surface area contributed by atoms with Gasteiger partial charge in [-0.1, -0.05) is 48.5 Å². The molecule has 0 aliphatic carbocycles. The standard InChI is InChI=1S/C25H21FN2O3S/c26-20-8-5-6-18(14-20)17-32(30,31)24-15-27(23-11-4-2-9-21(23)24)16-25(29)28-13-12-19-7-1-3-10-22(19)28/h1-11,14-15H,12-13,16-17H2. The summed E-state index contributed by atoms with van der Waals surface area (Å²) in [5.74, 6) is -0.881. The molecule has 1 aromatic heterocycles. The van der Waals surface area contributed by atoms with Crippen molar-refractivity contribution in [1.29, 1.82) is 0 Å². The van der Waals surface area contributed by atoms with E-state index in [-0.39, 0.29) is 23.1 Å². The summed E-state index contributed by atoms with van der Waals surface area (Å²) in [7, 11) is -3.75. The number of anilines is 1. The first kappa shape index (κ1) is 20.5. The van der Waals surface area contributed by atoms with Gasteiger partial charge in [0, 0.05) is 29.3 Å². The van der Waals surface area contributed by atoms with Gasteiger partial charge in [0.2, 0.25) is 5.91 Å². The molecule has 0 atom stereocenters. The van der Waals surface area contributed by atoms with Crippen molar-refractivity contribution in [3.63, 3.8) is 0 Å². The van der Waals surface area contributed by atoms with Gasteiger partial charge in [-0.2, -0.15) is 0 Å². The average Bonchev–Trinajstić information content (AvgIpc) is 3.36. The minimum Gasteiger partial charge on any atom is -0.337 e. The lowest BCUT2D eigenvalue weighted by Crippen LogP contribution is -2.32. The molecule has 2 heterocycles. The van der Waals surface area contributed by atoms with Gasteiger partial charge in [-0.3, -0.25) is 4.79 Å². The number of rotatable bonds is 5. The van der Waals surface area contributed by atoms with Crippen LogP contribution in [0.25, 0.3) is 10.9 Å². The van der Waals surface area contributed by atoms with Crippen molar-refractivity contribution in [1.82, 2.24) is 4.57 Å². The topological polar surface area (TPSA) is 59.4 Å². The average molecular weight is 449 g/mol. The van der Waals surface area contributed by atoms with Gasteiger partial charge >= 0.3 is 0 Å². The quantitative estimate of drug-likeness (QED) is 0.456. The second-order valence-corrected chi connectivity index (χ2v) is 9.91. The van der Waals surface area contributed by atoms with Crippen LogP contribution >= 0.6 is 0 Å². The molecule has 1 aliphatic rings. The van der Waals surface area contributed by atoms with E-state index >= 15 is 0 Å². The molecule has 7 heteroatoms. The number of hydrogen-bond acceptors (Lipinski definition) is 3. The van der Waals surface area contributed by atoms with Crippen molar-refractivity contribution in [2.75, 3.05) is 11.4 Å². The fourth-order valence-corrected chi connectivity index (χ4v) is 5.91. The van der Waals surface area contributed by atoms with E-state index in [1.807, 2.05) is 36.4 Å². The number of hydrogen-bond donors (Lipinski definition) is 0. The molecule has 3 aromatic carbocycles. The lowest BCUT2D eigenvalue weighted by molar-refractivity contribution is -0.119. The highest BCUT2D eigenvalue weighted by atomic mass is 32.2. The Kier molecular flexibility index (Phi) is 5.06. The largest absolute Gasteiger partial charge is 0.337 e. The van der Waals surface area contributed by atoms with Crippen molar-refractivity contribution in [3.05, 3.63) is 95.9 Å². The van der Waals surface area contributed by atoms with Crippen LogP contribution in [0.3, 0.4) is 0 Å². The van der Waals surface area contributed by atoms with Gasteiger partial charge in [0.15, 0.2) is 9.84 Å². The van der Waals surface area contributed by atoms with Gasteiger partial charge in [-0.15, -0.1) is 0 Å². The number of nitrogens with zero attached hydrogens (tertiary/aromatic N) is 2. The summed E-state index contributed by atoms with van der Waals surface area (Å²) in [4.78, 5) is 15.0. The molecule has 5 nitrogen and oxygen atoms in total. The van der Waals surface area contributed by atoms with Crippen LogP contribution in [0.2, 0.25) is 0 Å². The highest BCUT2D eigenvalue weighted by Crippen LogP contribution is 2.30. The van der Waals surface area contributed by atoms with Gasteiger partial charge < -0.3 is 9.47 Å². The first-order valence-corrected chi connectivity index (χ1v) is 12.0. The van der Waals surface area contributed by atoms with Crippen LogP contribution < -0.4 is 4.90 Å². The van der Waals surface area contributed by atoms with Gasteiger partial charge in [-0.25, -0.2) is 12.8 Å². The van der Waals surface area contributed by atoms with Crippen LogP contribution in [0.5, 0.6) is 0 Å². The van der Waals surface area contributed by atoms with E-state index < -0.39 is 15.7 Å². The second-order valence-electron chi connectivity index (χ2n) is 7.95. The molecule has 0 fully saturated rings. The number of amides is 1. The molecule has 32 heavy (non-hydrogen) atoms. The Morgan fingerprint density at radius 2 is 1.75 bits per heavy atom. The third-order valence-corrected chi connectivity index (χ3v) is 7.54. The van der Waals surface area contributed by atoms with Crippen molar-refractivity contribution in [2.45, 2.75) is 23.6 Å². The highest BCUT2D eigenvalue weighted by molar-refractivity contribution is 7.90. The first-order valence-electron chi connectivity index (χ1n) is 10.4. The monoisotopic (exact) mass is 448 g/mol. The molecule has 0 saturated carbocycles. The number of fused-ring (bicyclic) bond motifs is 2. The highest BCUT2D eigenvalue weighted by Gasteiger charge is 2.26. The van der Waals surface area contributed by atoms with Crippen LogP contribution in [-0.4, -0.2) is 25.4 Å². The Hall–Kier alpha value is -3.45. The fraction of sp³-hybridized carbons (Fsp3) is 0.160. The maximum atomic E-state index is 13.6.